The van der Waals surface area contributed by atoms with Gasteiger partial charge in [-0.05, 0) is 82.2 Å². The number of phenolic OH excluding ortho intramolecular Hbond substituents is 1. The van der Waals surface area contributed by atoms with Gasteiger partial charge in [0.25, 0.3) is 5.56 Å². The Balaban J connectivity index is 1.99. The topological polar surface area (TPSA) is 90.1 Å². The number of methoxy groups -OCH3 is 1. The van der Waals surface area contributed by atoms with Crippen LogP contribution in [0.15, 0.2) is 61.9 Å². The number of nitrogens with zero attached hydrogens (tertiary/aromatic N) is 2. The Morgan fingerprint density at radius 2 is 2.09 bits per heavy atom. The number of hydrogen-bond acceptors (Lipinski definition) is 7. The van der Waals surface area contributed by atoms with Gasteiger partial charge in [0, 0.05) is 5.56 Å². The summed E-state index contributed by atoms with van der Waals surface area (Å²) in [6.45, 7) is 3.68. The minimum atomic E-state index is -0.750. The predicted molar refractivity (Wildman–Crippen MR) is 142 cm³/mol. The number of ether oxygens (including phenoxy) is 2. The molecule has 0 unspecified atom stereocenters. The predicted octanol–water partition coefficient (Wildman–Crippen LogP) is 3.88. The molecule has 1 aliphatic heterocycles. The van der Waals surface area contributed by atoms with Crippen molar-refractivity contribution in [1.29, 1.82) is 0 Å². The minimum absolute atomic E-state index is 0.144. The van der Waals surface area contributed by atoms with Crippen LogP contribution in [0.5, 0.6) is 11.5 Å². The molecule has 176 valence electrons. The number of halogens is 2. The van der Waals surface area contributed by atoms with E-state index in [1.165, 1.54) is 15.9 Å². The maximum absolute atomic E-state index is 13.7. The first-order valence-corrected chi connectivity index (χ1v) is 13.0. The van der Waals surface area contributed by atoms with Crippen molar-refractivity contribution in [3.8, 4) is 11.5 Å². The zero-order chi connectivity index (χ0) is 24.6. The SMILES string of the molecule is CCOC(=O)C1=C(C)N=c2s/c(=C/c3cc(Br)c(O)c(I)c3)c(=O)n2[C@@H]1c1ccccc1OC. The first-order chi connectivity index (χ1) is 16.3. The molecule has 3 aromatic rings. The van der Waals surface area contributed by atoms with Gasteiger partial charge in [-0.15, -0.1) is 0 Å². The average molecular weight is 655 g/mol. The fraction of sp³-hybridized carbons (Fsp3) is 0.208. The van der Waals surface area contributed by atoms with Gasteiger partial charge in [-0.2, -0.15) is 0 Å². The maximum atomic E-state index is 13.7. The lowest BCUT2D eigenvalue weighted by molar-refractivity contribution is -0.139. The molecule has 0 radical (unpaired) electrons. The number of fused-ring (bicyclic) bond motifs is 1. The van der Waals surface area contributed by atoms with E-state index in [0.717, 1.165) is 5.56 Å². The van der Waals surface area contributed by atoms with Crippen LogP contribution in [0.2, 0.25) is 0 Å². The molecule has 2 aromatic carbocycles. The van der Waals surface area contributed by atoms with E-state index in [9.17, 15) is 14.7 Å². The van der Waals surface area contributed by atoms with Crippen molar-refractivity contribution in [2.75, 3.05) is 13.7 Å². The molecule has 1 aliphatic rings. The number of hydrogen-bond donors (Lipinski definition) is 1. The summed E-state index contributed by atoms with van der Waals surface area (Å²) < 4.78 is 14.0. The highest BCUT2D eigenvalue weighted by atomic mass is 127. The van der Waals surface area contributed by atoms with Crippen molar-refractivity contribution in [2.45, 2.75) is 19.9 Å². The average Bonchev–Trinajstić information content (AvgIpc) is 3.11. The van der Waals surface area contributed by atoms with E-state index in [4.69, 9.17) is 9.47 Å². The lowest BCUT2D eigenvalue weighted by Crippen LogP contribution is -2.40. The number of carbonyl (C=O) groups excluding carboxylic acids is 1. The quantitative estimate of drug-likeness (QED) is 0.333. The molecule has 7 nitrogen and oxygen atoms in total. The molecule has 0 saturated heterocycles. The Bertz CT molecular complexity index is 1490. The van der Waals surface area contributed by atoms with Gasteiger partial charge >= 0.3 is 5.97 Å². The van der Waals surface area contributed by atoms with Crippen molar-refractivity contribution in [2.24, 2.45) is 4.99 Å². The minimum Gasteiger partial charge on any atom is -0.506 e. The van der Waals surface area contributed by atoms with E-state index in [2.05, 4.69) is 20.9 Å². The molecule has 0 saturated carbocycles. The molecular weight excluding hydrogens is 635 g/mol. The van der Waals surface area contributed by atoms with E-state index in [1.807, 2.05) is 40.8 Å². The Morgan fingerprint density at radius 1 is 1.35 bits per heavy atom. The second kappa shape index (κ2) is 10.0. The smallest absolute Gasteiger partial charge is 0.338 e. The Kier molecular flexibility index (Phi) is 7.29. The van der Waals surface area contributed by atoms with Crippen molar-refractivity contribution < 1.29 is 19.4 Å². The van der Waals surface area contributed by atoms with Crippen LogP contribution in [0.25, 0.3) is 6.08 Å². The first kappa shape index (κ1) is 24.7. The normalized spacial score (nSPS) is 15.7. The van der Waals surface area contributed by atoms with E-state index in [0.29, 0.717) is 40.0 Å². The molecule has 0 bridgehead atoms. The van der Waals surface area contributed by atoms with Gasteiger partial charge in [0.1, 0.15) is 17.5 Å². The number of aromatic nitrogens is 1. The van der Waals surface area contributed by atoms with Crippen LogP contribution >= 0.6 is 49.9 Å². The Hall–Kier alpha value is -2.44. The molecule has 0 spiro atoms. The standard InChI is InChI=1S/C24H20BrIN2O5S/c1-4-33-23(31)19-12(2)27-24-28(20(19)14-7-5-6-8-17(14)32-3)22(30)18(34-24)11-13-9-15(25)21(29)16(26)10-13/h5-11,20,29H,4H2,1-3H3/b18-11+/t20-/m1/s1. The molecule has 1 atom stereocenters. The summed E-state index contributed by atoms with van der Waals surface area (Å²) in [5, 5.41) is 10.0. The van der Waals surface area contributed by atoms with Crippen LogP contribution in [0.4, 0.5) is 0 Å². The second-order valence-corrected chi connectivity index (χ2v) is 10.4. The number of benzene rings is 2. The van der Waals surface area contributed by atoms with Crippen LogP contribution < -0.4 is 19.6 Å². The number of para-hydroxylation sites is 1. The van der Waals surface area contributed by atoms with Gasteiger partial charge in [0.05, 0.1) is 37.6 Å². The third kappa shape index (κ3) is 4.46. The number of rotatable bonds is 5. The highest BCUT2D eigenvalue weighted by molar-refractivity contribution is 14.1. The summed E-state index contributed by atoms with van der Waals surface area (Å²) in [7, 11) is 1.55. The number of aromatic hydroxyl groups is 1. The molecule has 1 aromatic heterocycles. The molecule has 2 heterocycles. The van der Waals surface area contributed by atoms with E-state index < -0.39 is 12.0 Å². The first-order valence-electron chi connectivity index (χ1n) is 10.3. The van der Waals surface area contributed by atoms with Crippen LogP contribution in [-0.4, -0.2) is 29.4 Å². The highest BCUT2D eigenvalue weighted by Gasteiger charge is 2.34. The number of allylic oxidation sites excluding steroid dienone is 1. The van der Waals surface area contributed by atoms with Crippen molar-refractivity contribution in [1.82, 2.24) is 4.57 Å². The van der Waals surface area contributed by atoms with Crippen LogP contribution in [0.3, 0.4) is 0 Å². The molecule has 10 heteroatoms. The van der Waals surface area contributed by atoms with E-state index >= 15 is 0 Å². The van der Waals surface area contributed by atoms with Gasteiger partial charge in [-0.25, -0.2) is 9.79 Å². The lowest BCUT2D eigenvalue weighted by atomic mass is 9.95. The summed E-state index contributed by atoms with van der Waals surface area (Å²) >= 11 is 6.61. The zero-order valence-electron chi connectivity index (χ0n) is 18.5. The van der Waals surface area contributed by atoms with Crippen molar-refractivity contribution in [3.63, 3.8) is 0 Å². The Labute approximate surface area is 221 Å². The summed E-state index contributed by atoms with van der Waals surface area (Å²) in [4.78, 5) is 31.7. The van der Waals surface area contributed by atoms with Gasteiger partial charge < -0.3 is 14.6 Å². The number of carbonyl (C=O) groups is 1. The fourth-order valence-electron chi connectivity index (χ4n) is 3.80. The fourth-order valence-corrected chi connectivity index (χ4v) is 6.34. The van der Waals surface area contributed by atoms with Crippen molar-refractivity contribution in [3.05, 3.63) is 86.5 Å². The summed E-state index contributed by atoms with van der Waals surface area (Å²) in [6, 6.07) is 10.1. The van der Waals surface area contributed by atoms with Gasteiger partial charge in [0.15, 0.2) is 4.80 Å². The summed E-state index contributed by atoms with van der Waals surface area (Å²) in [5.41, 5.74) is 1.91. The largest absolute Gasteiger partial charge is 0.506 e. The molecule has 0 fully saturated rings. The van der Waals surface area contributed by atoms with Crippen LogP contribution in [-0.2, 0) is 9.53 Å². The molecule has 34 heavy (non-hydrogen) atoms. The highest BCUT2D eigenvalue weighted by Crippen LogP contribution is 2.35. The number of esters is 1. The van der Waals surface area contributed by atoms with E-state index in [-0.39, 0.29) is 17.9 Å². The second-order valence-electron chi connectivity index (χ2n) is 7.38. The molecule has 1 N–H and O–H groups in total. The monoisotopic (exact) mass is 654 g/mol. The lowest BCUT2D eigenvalue weighted by Gasteiger charge is -2.25. The number of thiazole rings is 1. The van der Waals surface area contributed by atoms with Crippen LogP contribution in [0, 0.1) is 3.57 Å². The molecule has 0 amide bonds. The molecule has 0 aliphatic carbocycles. The van der Waals surface area contributed by atoms with Gasteiger partial charge in [-0.1, -0.05) is 29.5 Å². The molecular formula is C24H20BrIN2O5S. The summed E-state index contributed by atoms with van der Waals surface area (Å²) in [5.74, 6) is 0.173. The van der Waals surface area contributed by atoms with Gasteiger partial charge in [0.2, 0.25) is 0 Å². The van der Waals surface area contributed by atoms with Crippen LogP contribution in [0.1, 0.15) is 31.0 Å². The van der Waals surface area contributed by atoms with Gasteiger partial charge in [-0.3, -0.25) is 9.36 Å². The third-order valence-corrected chi connectivity index (χ3v) is 7.70. The maximum Gasteiger partial charge on any atom is 0.338 e. The number of phenols is 1. The summed E-state index contributed by atoms with van der Waals surface area (Å²) in [6.07, 6.45) is 1.75. The van der Waals surface area contributed by atoms with Crippen molar-refractivity contribution >= 4 is 61.9 Å². The Morgan fingerprint density at radius 3 is 2.76 bits per heavy atom. The molecule has 4 rings (SSSR count). The zero-order valence-corrected chi connectivity index (χ0v) is 23.0. The third-order valence-electron chi connectivity index (χ3n) is 5.29. The van der Waals surface area contributed by atoms with E-state index in [1.54, 1.807) is 45.2 Å².